The lowest BCUT2D eigenvalue weighted by molar-refractivity contribution is -0.118. The first kappa shape index (κ1) is 13.5. The van der Waals surface area contributed by atoms with E-state index in [1.807, 2.05) is 48.5 Å². The number of hydrogen-bond acceptors (Lipinski definition) is 3. The van der Waals surface area contributed by atoms with Crippen molar-refractivity contribution in [2.75, 3.05) is 18.1 Å². The molecule has 0 atom stereocenters. The Balaban J connectivity index is 1.81. The van der Waals surface area contributed by atoms with E-state index in [-0.39, 0.29) is 12.2 Å². The Hall–Kier alpha value is -2.17. The van der Waals surface area contributed by atoms with Crippen LogP contribution in [0.1, 0.15) is 23.8 Å². The van der Waals surface area contributed by atoms with Crippen molar-refractivity contribution in [3.05, 3.63) is 59.7 Å². The van der Waals surface area contributed by atoms with Crippen LogP contribution in [0.4, 0.5) is 11.4 Å². The number of fused-ring (bicyclic) bond motifs is 1. The lowest BCUT2D eigenvalue weighted by atomic mass is 9.95. The number of anilines is 2. The highest BCUT2D eigenvalue weighted by Crippen LogP contribution is 2.39. The van der Waals surface area contributed by atoms with Crippen LogP contribution in [-0.4, -0.2) is 19.1 Å². The molecule has 0 N–H and O–H groups in total. The van der Waals surface area contributed by atoms with Gasteiger partial charge in [-0.1, -0.05) is 30.3 Å². The SMILES string of the molecule is O=C1CCc2c(C3OCCO3)cccc2N1c1ccccc1. The summed E-state index contributed by atoms with van der Waals surface area (Å²) in [5.74, 6) is 0.129. The van der Waals surface area contributed by atoms with Crippen LogP contribution in [0.25, 0.3) is 0 Å². The van der Waals surface area contributed by atoms with Crippen LogP contribution in [0.5, 0.6) is 0 Å². The number of carbonyl (C=O) groups excluding carboxylic acids is 1. The van der Waals surface area contributed by atoms with Crippen molar-refractivity contribution >= 4 is 17.3 Å². The number of carbonyl (C=O) groups is 1. The third kappa shape index (κ3) is 2.21. The monoisotopic (exact) mass is 295 g/mol. The maximum absolute atomic E-state index is 12.5. The molecular formula is C18H17NO3. The topological polar surface area (TPSA) is 38.8 Å². The third-order valence-corrected chi connectivity index (χ3v) is 4.16. The van der Waals surface area contributed by atoms with E-state index in [1.54, 1.807) is 4.90 Å². The summed E-state index contributed by atoms with van der Waals surface area (Å²) in [5, 5.41) is 0. The fourth-order valence-electron chi connectivity index (χ4n) is 3.17. The van der Waals surface area contributed by atoms with E-state index in [4.69, 9.17) is 9.47 Å². The molecule has 0 bridgehead atoms. The first-order valence-corrected chi connectivity index (χ1v) is 7.57. The number of benzene rings is 2. The standard InChI is InChI=1S/C18H17NO3/c20-17-10-9-14-15(18-21-11-12-22-18)7-4-8-16(14)19(17)13-5-2-1-3-6-13/h1-8,18H,9-12H2. The predicted molar refractivity (Wildman–Crippen MR) is 83.0 cm³/mol. The second-order valence-corrected chi connectivity index (χ2v) is 5.48. The summed E-state index contributed by atoms with van der Waals surface area (Å²) in [7, 11) is 0. The van der Waals surface area contributed by atoms with Gasteiger partial charge in [0.15, 0.2) is 6.29 Å². The van der Waals surface area contributed by atoms with E-state index in [1.165, 1.54) is 0 Å². The van der Waals surface area contributed by atoms with Gasteiger partial charge in [-0.3, -0.25) is 9.69 Å². The fourth-order valence-corrected chi connectivity index (χ4v) is 3.17. The summed E-state index contributed by atoms with van der Waals surface area (Å²) in [6, 6.07) is 15.8. The summed E-state index contributed by atoms with van der Waals surface area (Å²) >= 11 is 0. The molecule has 2 aliphatic rings. The number of rotatable bonds is 2. The minimum absolute atomic E-state index is 0.129. The largest absolute Gasteiger partial charge is 0.346 e. The van der Waals surface area contributed by atoms with Gasteiger partial charge in [-0.05, 0) is 30.2 Å². The second-order valence-electron chi connectivity index (χ2n) is 5.48. The molecule has 1 fully saturated rings. The molecule has 0 spiro atoms. The number of hydrogen-bond donors (Lipinski definition) is 0. The molecule has 4 rings (SSSR count). The molecule has 4 heteroatoms. The molecule has 1 amide bonds. The zero-order valence-corrected chi connectivity index (χ0v) is 12.2. The molecule has 0 saturated carbocycles. The average Bonchev–Trinajstić information content (AvgIpc) is 3.09. The van der Waals surface area contributed by atoms with E-state index in [9.17, 15) is 4.79 Å². The molecule has 22 heavy (non-hydrogen) atoms. The fraction of sp³-hybridized carbons (Fsp3) is 0.278. The van der Waals surface area contributed by atoms with Gasteiger partial charge in [-0.2, -0.15) is 0 Å². The zero-order chi connectivity index (χ0) is 14.9. The molecular weight excluding hydrogens is 278 g/mol. The molecule has 4 nitrogen and oxygen atoms in total. The number of para-hydroxylation sites is 1. The summed E-state index contributed by atoms with van der Waals surface area (Å²) in [6.45, 7) is 1.24. The highest BCUT2D eigenvalue weighted by molar-refractivity contribution is 6.03. The number of ether oxygens (including phenoxy) is 2. The minimum Gasteiger partial charge on any atom is -0.346 e. The lowest BCUT2D eigenvalue weighted by Gasteiger charge is -2.31. The Labute approximate surface area is 129 Å². The molecule has 112 valence electrons. The molecule has 0 aliphatic carbocycles. The van der Waals surface area contributed by atoms with Gasteiger partial charge in [-0.25, -0.2) is 0 Å². The normalized spacial score (nSPS) is 18.5. The number of nitrogens with zero attached hydrogens (tertiary/aromatic N) is 1. The predicted octanol–water partition coefficient (Wildman–Crippen LogP) is 3.34. The summed E-state index contributed by atoms with van der Waals surface area (Å²) in [4.78, 5) is 14.3. The maximum atomic E-state index is 12.5. The molecule has 1 saturated heterocycles. The molecule has 2 aromatic rings. The van der Waals surface area contributed by atoms with Gasteiger partial charge in [0.05, 0.1) is 18.9 Å². The molecule has 2 aliphatic heterocycles. The van der Waals surface area contributed by atoms with E-state index in [0.29, 0.717) is 19.6 Å². The van der Waals surface area contributed by atoms with Crippen molar-refractivity contribution in [2.45, 2.75) is 19.1 Å². The first-order valence-electron chi connectivity index (χ1n) is 7.57. The van der Waals surface area contributed by atoms with E-state index in [0.717, 1.165) is 28.9 Å². The van der Waals surface area contributed by atoms with Crippen LogP contribution < -0.4 is 4.90 Å². The average molecular weight is 295 g/mol. The van der Waals surface area contributed by atoms with Gasteiger partial charge in [0.1, 0.15) is 0 Å². The Bertz CT molecular complexity index is 693. The van der Waals surface area contributed by atoms with Gasteiger partial charge in [-0.15, -0.1) is 0 Å². The van der Waals surface area contributed by atoms with Crippen molar-refractivity contribution in [3.63, 3.8) is 0 Å². The molecule has 0 aromatic heterocycles. The quantitative estimate of drug-likeness (QED) is 0.853. The van der Waals surface area contributed by atoms with Crippen molar-refractivity contribution < 1.29 is 14.3 Å². The lowest BCUT2D eigenvalue weighted by Crippen LogP contribution is -2.31. The van der Waals surface area contributed by atoms with Crippen molar-refractivity contribution in [3.8, 4) is 0 Å². The zero-order valence-electron chi connectivity index (χ0n) is 12.2. The summed E-state index contributed by atoms with van der Waals surface area (Å²) < 4.78 is 11.3. The number of amides is 1. The molecule has 2 aromatic carbocycles. The van der Waals surface area contributed by atoms with Crippen LogP contribution in [0.15, 0.2) is 48.5 Å². The van der Waals surface area contributed by atoms with Gasteiger partial charge in [0, 0.05) is 17.7 Å². The van der Waals surface area contributed by atoms with Crippen molar-refractivity contribution in [1.29, 1.82) is 0 Å². The van der Waals surface area contributed by atoms with E-state index < -0.39 is 0 Å². The Morgan fingerprint density at radius 3 is 2.45 bits per heavy atom. The van der Waals surface area contributed by atoms with Gasteiger partial charge < -0.3 is 9.47 Å². The highest BCUT2D eigenvalue weighted by atomic mass is 16.7. The summed E-state index contributed by atoms with van der Waals surface area (Å²) in [6.07, 6.45) is 0.934. The van der Waals surface area contributed by atoms with Crippen LogP contribution in [-0.2, 0) is 20.7 Å². The maximum Gasteiger partial charge on any atom is 0.231 e. The second kappa shape index (κ2) is 5.55. The van der Waals surface area contributed by atoms with Crippen LogP contribution in [0.2, 0.25) is 0 Å². The summed E-state index contributed by atoms with van der Waals surface area (Å²) in [5.41, 5.74) is 4.04. The van der Waals surface area contributed by atoms with Gasteiger partial charge in [0.25, 0.3) is 0 Å². The van der Waals surface area contributed by atoms with Gasteiger partial charge in [0.2, 0.25) is 5.91 Å². The Morgan fingerprint density at radius 1 is 0.909 bits per heavy atom. The minimum atomic E-state index is -0.305. The molecule has 0 unspecified atom stereocenters. The van der Waals surface area contributed by atoms with Crippen molar-refractivity contribution in [2.24, 2.45) is 0 Å². The molecule has 0 radical (unpaired) electrons. The Kier molecular flexibility index (Phi) is 3.41. The highest BCUT2D eigenvalue weighted by Gasteiger charge is 2.30. The van der Waals surface area contributed by atoms with Crippen molar-refractivity contribution in [1.82, 2.24) is 0 Å². The molecule has 2 heterocycles. The van der Waals surface area contributed by atoms with Crippen LogP contribution in [0, 0.1) is 0 Å². The third-order valence-electron chi connectivity index (χ3n) is 4.16. The smallest absolute Gasteiger partial charge is 0.231 e. The van der Waals surface area contributed by atoms with Gasteiger partial charge >= 0.3 is 0 Å². The van der Waals surface area contributed by atoms with Crippen LogP contribution in [0.3, 0.4) is 0 Å². The Morgan fingerprint density at radius 2 is 1.68 bits per heavy atom. The van der Waals surface area contributed by atoms with E-state index in [2.05, 4.69) is 0 Å². The first-order chi connectivity index (χ1) is 10.8. The van der Waals surface area contributed by atoms with Crippen LogP contribution >= 0.6 is 0 Å². The van der Waals surface area contributed by atoms with E-state index >= 15 is 0 Å².